The van der Waals surface area contributed by atoms with E-state index in [0.717, 1.165) is 44.7 Å². The van der Waals surface area contributed by atoms with Crippen molar-refractivity contribution < 1.29 is 9.53 Å². The molecule has 0 bridgehead atoms. The average molecular weight is 310 g/mol. The topological polar surface area (TPSA) is 71.9 Å². The van der Waals surface area contributed by atoms with E-state index >= 15 is 0 Å². The Kier molecular flexibility index (Phi) is 4.12. The highest BCUT2D eigenvalue weighted by Gasteiger charge is 2.57. The van der Waals surface area contributed by atoms with Crippen LogP contribution >= 0.6 is 12.2 Å². The number of nitrogens with one attached hydrogen (secondary N) is 2. The third kappa shape index (κ3) is 2.89. The summed E-state index contributed by atoms with van der Waals surface area (Å²) in [6, 6.07) is 0. The SMILES string of the molecule is CCc1n[nH]c(=S)n1CCNC(=O)C1CC12CCOCC2. The van der Waals surface area contributed by atoms with Crippen molar-refractivity contribution >= 4 is 18.1 Å². The highest BCUT2D eigenvalue weighted by atomic mass is 32.1. The van der Waals surface area contributed by atoms with E-state index in [1.54, 1.807) is 0 Å². The van der Waals surface area contributed by atoms with Gasteiger partial charge in [-0.1, -0.05) is 6.92 Å². The molecule has 0 aromatic carbocycles. The molecular formula is C14H22N4O2S. The molecule has 116 valence electrons. The van der Waals surface area contributed by atoms with Crippen LogP contribution in [0.5, 0.6) is 0 Å². The van der Waals surface area contributed by atoms with Crippen molar-refractivity contribution in [3.63, 3.8) is 0 Å². The Bertz CT molecular complexity index is 574. The van der Waals surface area contributed by atoms with E-state index in [-0.39, 0.29) is 17.2 Å². The molecule has 3 rings (SSSR count). The Hall–Kier alpha value is -1.21. The van der Waals surface area contributed by atoms with Crippen molar-refractivity contribution in [3.05, 3.63) is 10.6 Å². The van der Waals surface area contributed by atoms with Crippen LogP contribution in [0.15, 0.2) is 0 Å². The molecule has 7 heteroatoms. The average Bonchev–Trinajstić information content (AvgIpc) is 3.06. The van der Waals surface area contributed by atoms with Gasteiger partial charge >= 0.3 is 0 Å². The van der Waals surface area contributed by atoms with E-state index in [1.165, 1.54) is 0 Å². The molecule has 1 amide bonds. The number of rotatable bonds is 5. The summed E-state index contributed by atoms with van der Waals surface area (Å²) in [7, 11) is 0. The summed E-state index contributed by atoms with van der Waals surface area (Å²) in [6.07, 6.45) is 3.90. The van der Waals surface area contributed by atoms with Crippen LogP contribution < -0.4 is 5.32 Å². The van der Waals surface area contributed by atoms with Crippen molar-refractivity contribution in [1.82, 2.24) is 20.1 Å². The van der Waals surface area contributed by atoms with Crippen molar-refractivity contribution in [2.24, 2.45) is 11.3 Å². The molecule has 1 aromatic heterocycles. The Morgan fingerprint density at radius 2 is 2.33 bits per heavy atom. The minimum Gasteiger partial charge on any atom is -0.381 e. The Morgan fingerprint density at radius 3 is 3.05 bits per heavy atom. The van der Waals surface area contributed by atoms with E-state index < -0.39 is 0 Å². The molecule has 2 heterocycles. The van der Waals surface area contributed by atoms with Crippen LogP contribution in [-0.2, 0) is 22.5 Å². The van der Waals surface area contributed by atoms with Crippen LogP contribution in [0.3, 0.4) is 0 Å². The minimum atomic E-state index is 0.185. The number of ether oxygens (including phenoxy) is 1. The van der Waals surface area contributed by atoms with Gasteiger partial charge in [-0.25, -0.2) is 0 Å². The van der Waals surface area contributed by atoms with Gasteiger partial charge < -0.3 is 14.6 Å². The number of aromatic nitrogens is 3. The molecule has 0 radical (unpaired) electrons. The molecule has 1 spiro atoms. The number of aromatic amines is 1. The summed E-state index contributed by atoms with van der Waals surface area (Å²) in [5.41, 5.74) is 0.239. The number of carbonyl (C=O) groups is 1. The molecule has 1 aliphatic heterocycles. The van der Waals surface area contributed by atoms with E-state index in [0.29, 0.717) is 17.9 Å². The maximum atomic E-state index is 12.2. The molecule has 1 saturated carbocycles. The zero-order valence-corrected chi connectivity index (χ0v) is 13.2. The van der Waals surface area contributed by atoms with Gasteiger partial charge in [-0.05, 0) is 36.9 Å². The fourth-order valence-electron chi connectivity index (χ4n) is 3.31. The molecule has 21 heavy (non-hydrogen) atoms. The van der Waals surface area contributed by atoms with Crippen LogP contribution in [0.4, 0.5) is 0 Å². The summed E-state index contributed by atoms with van der Waals surface area (Å²) in [5, 5.41) is 10.0. The lowest BCUT2D eigenvalue weighted by molar-refractivity contribution is -0.123. The second kappa shape index (κ2) is 5.88. The van der Waals surface area contributed by atoms with Crippen LogP contribution in [0.25, 0.3) is 0 Å². The summed E-state index contributed by atoms with van der Waals surface area (Å²) >= 11 is 5.20. The maximum Gasteiger partial charge on any atom is 0.223 e. The van der Waals surface area contributed by atoms with Crippen LogP contribution in [0.1, 0.15) is 32.0 Å². The first-order chi connectivity index (χ1) is 10.2. The van der Waals surface area contributed by atoms with Gasteiger partial charge in [0.1, 0.15) is 5.82 Å². The third-order valence-corrected chi connectivity index (χ3v) is 5.09. The number of carbonyl (C=O) groups excluding carboxylic acids is 1. The summed E-state index contributed by atoms with van der Waals surface area (Å²) in [4.78, 5) is 12.2. The first-order valence-corrected chi connectivity index (χ1v) is 8.06. The molecule has 1 atom stereocenters. The van der Waals surface area contributed by atoms with Crippen molar-refractivity contribution in [2.45, 2.75) is 39.2 Å². The van der Waals surface area contributed by atoms with Gasteiger partial charge in [-0.15, -0.1) is 0 Å². The number of aryl methyl sites for hydroxylation is 1. The van der Waals surface area contributed by atoms with Gasteiger partial charge in [-0.2, -0.15) is 5.10 Å². The second-order valence-corrected chi connectivity index (χ2v) is 6.36. The van der Waals surface area contributed by atoms with E-state index in [2.05, 4.69) is 15.5 Å². The zero-order valence-electron chi connectivity index (χ0n) is 12.4. The monoisotopic (exact) mass is 310 g/mol. The molecule has 2 fully saturated rings. The zero-order chi connectivity index (χ0) is 14.9. The highest BCUT2D eigenvalue weighted by Crippen LogP contribution is 2.59. The molecule has 2 aliphatic rings. The minimum absolute atomic E-state index is 0.185. The van der Waals surface area contributed by atoms with Gasteiger partial charge in [0.25, 0.3) is 0 Å². The molecule has 2 N–H and O–H groups in total. The number of nitrogens with zero attached hydrogens (tertiary/aromatic N) is 2. The van der Waals surface area contributed by atoms with E-state index in [1.807, 2.05) is 11.5 Å². The largest absolute Gasteiger partial charge is 0.381 e. The normalized spacial score (nSPS) is 23.2. The van der Waals surface area contributed by atoms with Gasteiger partial charge in [-0.3, -0.25) is 9.89 Å². The van der Waals surface area contributed by atoms with Crippen molar-refractivity contribution in [3.8, 4) is 0 Å². The fourth-order valence-corrected chi connectivity index (χ4v) is 3.56. The van der Waals surface area contributed by atoms with Gasteiger partial charge in [0.15, 0.2) is 4.77 Å². The Balaban J connectivity index is 1.49. The van der Waals surface area contributed by atoms with Crippen LogP contribution in [0, 0.1) is 16.1 Å². The Labute approximate surface area is 129 Å². The second-order valence-electron chi connectivity index (χ2n) is 5.97. The molecule has 1 saturated heterocycles. The number of H-pyrrole nitrogens is 1. The Morgan fingerprint density at radius 1 is 1.57 bits per heavy atom. The maximum absolute atomic E-state index is 12.2. The fraction of sp³-hybridized carbons (Fsp3) is 0.786. The predicted molar refractivity (Wildman–Crippen MR) is 80.4 cm³/mol. The standard InChI is InChI=1S/C14H22N4O2S/c1-2-11-16-17-13(21)18(11)6-5-15-12(19)10-9-14(10)3-7-20-8-4-14/h10H,2-9H2,1H3,(H,15,19)(H,17,21). The first kappa shape index (κ1) is 14.7. The molecule has 1 unspecified atom stereocenters. The number of amides is 1. The van der Waals surface area contributed by atoms with Crippen molar-refractivity contribution in [1.29, 1.82) is 0 Å². The predicted octanol–water partition coefficient (Wildman–Crippen LogP) is 1.44. The van der Waals surface area contributed by atoms with E-state index in [4.69, 9.17) is 17.0 Å². The van der Waals surface area contributed by atoms with Crippen LogP contribution in [0.2, 0.25) is 0 Å². The first-order valence-electron chi connectivity index (χ1n) is 7.66. The molecule has 1 aliphatic carbocycles. The molecule has 1 aromatic rings. The highest BCUT2D eigenvalue weighted by molar-refractivity contribution is 7.71. The summed E-state index contributed by atoms with van der Waals surface area (Å²) < 4.78 is 7.95. The van der Waals surface area contributed by atoms with Crippen LogP contribution in [-0.4, -0.2) is 40.4 Å². The smallest absolute Gasteiger partial charge is 0.223 e. The van der Waals surface area contributed by atoms with Gasteiger partial charge in [0, 0.05) is 38.6 Å². The third-order valence-electron chi connectivity index (χ3n) is 4.78. The number of hydrogen-bond donors (Lipinski definition) is 2. The lowest BCUT2D eigenvalue weighted by Gasteiger charge is -2.22. The lowest BCUT2D eigenvalue weighted by Crippen LogP contribution is -2.32. The van der Waals surface area contributed by atoms with Gasteiger partial charge in [0.05, 0.1) is 0 Å². The molecule has 6 nitrogen and oxygen atoms in total. The summed E-state index contributed by atoms with van der Waals surface area (Å²) in [6.45, 7) is 4.91. The quantitative estimate of drug-likeness (QED) is 0.807. The number of hydrogen-bond acceptors (Lipinski definition) is 4. The van der Waals surface area contributed by atoms with Gasteiger partial charge in [0.2, 0.25) is 5.91 Å². The van der Waals surface area contributed by atoms with E-state index in [9.17, 15) is 4.79 Å². The van der Waals surface area contributed by atoms with Crippen molar-refractivity contribution in [2.75, 3.05) is 19.8 Å². The lowest BCUT2D eigenvalue weighted by atomic mass is 9.93. The molecular weight excluding hydrogens is 288 g/mol. The summed E-state index contributed by atoms with van der Waals surface area (Å²) in [5.74, 6) is 1.30.